The second kappa shape index (κ2) is 7.01. The third kappa shape index (κ3) is 3.64. The van der Waals surface area contributed by atoms with Gasteiger partial charge in [0.1, 0.15) is 17.4 Å². The Morgan fingerprint density at radius 2 is 1.75 bits per heavy atom. The van der Waals surface area contributed by atoms with Crippen LogP contribution >= 0.6 is 0 Å². The fraction of sp³-hybridized carbons (Fsp3) is 0.200. The lowest BCUT2D eigenvalue weighted by Crippen LogP contribution is -2.14. The van der Waals surface area contributed by atoms with Crippen molar-refractivity contribution in [3.05, 3.63) is 63.7 Å². The summed E-state index contributed by atoms with van der Waals surface area (Å²) in [7, 11) is 0. The van der Waals surface area contributed by atoms with E-state index < -0.39 is 5.91 Å². The Morgan fingerprint density at radius 1 is 1.12 bits per heavy atom. The number of nitrogens with one attached hydrogen (secondary N) is 1. The van der Waals surface area contributed by atoms with Gasteiger partial charge in [-0.25, -0.2) is 0 Å². The van der Waals surface area contributed by atoms with Crippen molar-refractivity contribution in [2.45, 2.75) is 27.7 Å². The number of benzene rings is 2. The Hall–Kier alpha value is -3.06. The van der Waals surface area contributed by atoms with Gasteiger partial charge in [-0.05, 0) is 79.8 Å². The average Bonchev–Trinajstić information content (AvgIpc) is 2.54. The van der Waals surface area contributed by atoms with Gasteiger partial charge in [0.2, 0.25) is 0 Å². The molecule has 4 nitrogen and oxygen atoms in total. The highest BCUT2D eigenvalue weighted by molar-refractivity contribution is 6.10. The molecule has 2 N–H and O–H groups in total. The van der Waals surface area contributed by atoms with Gasteiger partial charge in [-0.2, -0.15) is 5.26 Å². The van der Waals surface area contributed by atoms with Gasteiger partial charge in [0.15, 0.2) is 0 Å². The van der Waals surface area contributed by atoms with Crippen LogP contribution in [0.4, 0.5) is 5.69 Å². The molecule has 0 fully saturated rings. The molecular formula is C20H20N2O2. The summed E-state index contributed by atoms with van der Waals surface area (Å²) in [5.74, 6) is -0.222. The number of hydrogen-bond donors (Lipinski definition) is 2. The summed E-state index contributed by atoms with van der Waals surface area (Å²) < 4.78 is 0. The SMILES string of the molecule is Cc1cccc(NC(=O)/C(C#N)=C/c2cc(C)c(O)c(C)c2)c1C. The number of phenolic OH excluding ortho intramolecular Hbond substituents is 1. The maximum atomic E-state index is 12.4. The van der Waals surface area contributed by atoms with E-state index in [-0.39, 0.29) is 11.3 Å². The Kier molecular flexibility index (Phi) is 5.05. The normalized spacial score (nSPS) is 11.0. The molecule has 2 aromatic carbocycles. The van der Waals surface area contributed by atoms with Crippen LogP contribution in [-0.4, -0.2) is 11.0 Å². The van der Waals surface area contributed by atoms with Crippen LogP contribution < -0.4 is 5.32 Å². The van der Waals surface area contributed by atoms with Crippen LogP contribution in [0, 0.1) is 39.0 Å². The van der Waals surface area contributed by atoms with E-state index in [2.05, 4.69) is 5.32 Å². The van der Waals surface area contributed by atoms with Crippen LogP contribution in [0.25, 0.3) is 6.08 Å². The van der Waals surface area contributed by atoms with Gasteiger partial charge in [0.25, 0.3) is 5.91 Å². The van der Waals surface area contributed by atoms with Crippen molar-refractivity contribution < 1.29 is 9.90 Å². The summed E-state index contributed by atoms with van der Waals surface area (Å²) in [6, 6.07) is 11.1. The van der Waals surface area contributed by atoms with E-state index >= 15 is 0 Å². The Balaban J connectivity index is 2.33. The third-order valence-electron chi connectivity index (χ3n) is 4.04. The summed E-state index contributed by atoms with van der Waals surface area (Å²) in [5, 5.41) is 21.9. The molecule has 0 saturated heterocycles. The van der Waals surface area contributed by atoms with E-state index in [1.807, 2.05) is 38.1 Å². The molecule has 2 aromatic rings. The molecule has 4 heteroatoms. The fourth-order valence-corrected chi connectivity index (χ4v) is 2.46. The average molecular weight is 320 g/mol. The van der Waals surface area contributed by atoms with Crippen molar-refractivity contribution in [3.63, 3.8) is 0 Å². The second-order valence-corrected chi connectivity index (χ2v) is 5.87. The largest absolute Gasteiger partial charge is 0.507 e. The van der Waals surface area contributed by atoms with Crippen molar-refractivity contribution in [2.75, 3.05) is 5.32 Å². The van der Waals surface area contributed by atoms with Gasteiger partial charge in [-0.1, -0.05) is 12.1 Å². The fourth-order valence-electron chi connectivity index (χ4n) is 2.46. The van der Waals surface area contributed by atoms with Gasteiger partial charge in [-0.15, -0.1) is 0 Å². The predicted molar refractivity (Wildman–Crippen MR) is 95.7 cm³/mol. The number of aromatic hydroxyl groups is 1. The third-order valence-corrected chi connectivity index (χ3v) is 4.04. The molecule has 0 unspecified atom stereocenters. The standard InChI is InChI=1S/C20H20N2O2/c1-12-6-5-7-18(15(12)4)22-20(24)17(11-21)10-16-8-13(2)19(23)14(3)9-16/h5-10,23H,1-4H3,(H,22,24)/b17-10+. The van der Waals surface area contributed by atoms with Crippen LogP contribution in [-0.2, 0) is 4.79 Å². The number of hydrogen-bond acceptors (Lipinski definition) is 3. The number of phenols is 1. The molecule has 0 radical (unpaired) electrons. The first-order chi connectivity index (χ1) is 11.3. The topological polar surface area (TPSA) is 73.1 Å². The lowest BCUT2D eigenvalue weighted by Gasteiger charge is -2.10. The van der Waals surface area contributed by atoms with Gasteiger partial charge >= 0.3 is 0 Å². The predicted octanol–water partition coefficient (Wildman–Crippen LogP) is 4.17. The molecule has 2 rings (SSSR count). The van der Waals surface area contributed by atoms with Crippen LogP contribution in [0.15, 0.2) is 35.9 Å². The zero-order valence-electron chi connectivity index (χ0n) is 14.3. The van der Waals surface area contributed by atoms with Crippen molar-refractivity contribution in [2.24, 2.45) is 0 Å². The second-order valence-electron chi connectivity index (χ2n) is 5.87. The van der Waals surface area contributed by atoms with E-state index in [1.54, 1.807) is 26.0 Å². The maximum absolute atomic E-state index is 12.4. The first kappa shape index (κ1) is 17.3. The van der Waals surface area contributed by atoms with Crippen molar-refractivity contribution in [1.29, 1.82) is 5.26 Å². The minimum atomic E-state index is -0.449. The summed E-state index contributed by atoms with van der Waals surface area (Å²) in [6.45, 7) is 7.45. The van der Waals surface area contributed by atoms with E-state index in [4.69, 9.17) is 0 Å². The molecule has 1 amide bonds. The number of carbonyl (C=O) groups excluding carboxylic acids is 1. The first-order valence-corrected chi connectivity index (χ1v) is 7.63. The number of rotatable bonds is 3. The lowest BCUT2D eigenvalue weighted by atomic mass is 10.0. The Morgan fingerprint density at radius 3 is 2.33 bits per heavy atom. The molecule has 24 heavy (non-hydrogen) atoms. The monoisotopic (exact) mass is 320 g/mol. The molecule has 0 spiro atoms. The summed E-state index contributed by atoms with van der Waals surface area (Å²) in [4.78, 5) is 12.4. The zero-order chi connectivity index (χ0) is 17.9. The number of nitriles is 1. The Labute approximate surface area is 142 Å². The molecule has 0 heterocycles. The molecule has 0 saturated carbocycles. The van der Waals surface area contributed by atoms with Crippen LogP contribution in [0.1, 0.15) is 27.8 Å². The van der Waals surface area contributed by atoms with Crippen LogP contribution in [0.3, 0.4) is 0 Å². The number of aryl methyl sites for hydroxylation is 3. The van der Waals surface area contributed by atoms with Gasteiger partial charge < -0.3 is 10.4 Å². The van der Waals surface area contributed by atoms with Crippen LogP contribution in [0.2, 0.25) is 0 Å². The molecule has 0 aliphatic carbocycles. The highest BCUT2D eigenvalue weighted by Crippen LogP contribution is 2.24. The number of carbonyl (C=O) groups is 1. The van der Waals surface area contributed by atoms with Gasteiger partial charge in [0.05, 0.1) is 0 Å². The first-order valence-electron chi connectivity index (χ1n) is 7.63. The molecular weight excluding hydrogens is 300 g/mol. The molecule has 0 aromatic heterocycles. The van der Waals surface area contributed by atoms with E-state index in [0.29, 0.717) is 22.4 Å². The number of nitrogens with zero attached hydrogens (tertiary/aromatic N) is 1. The molecule has 0 aliphatic rings. The van der Waals surface area contributed by atoms with E-state index in [9.17, 15) is 15.2 Å². The van der Waals surface area contributed by atoms with Crippen molar-refractivity contribution in [3.8, 4) is 11.8 Å². The van der Waals surface area contributed by atoms with Crippen molar-refractivity contribution >= 4 is 17.7 Å². The highest BCUT2D eigenvalue weighted by atomic mass is 16.3. The van der Waals surface area contributed by atoms with Gasteiger partial charge in [-0.3, -0.25) is 4.79 Å². The lowest BCUT2D eigenvalue weighted by molar-refractivity contribution is -0.112. The quantitative estimate of drug-likeness (QED) is 0.658. The number of anilines is 1. The smallest absolute Gasteiger partial charge is 0.266 e. The maximum Gasteiger partial charge on any atom is 0.266 e. The van der Waals surface area contributed by atoms with Crippen molar-refractivity contribution in [1.82, 2.24) is 0 Å². The Bertz CT molecular complexity index is 851. The minimum absolute atomic E-state index is 0.0143. The summed E-state index contributed by atoms with van der Waals surface area (Å²) in [6.07, 6.45) is 1.53. The number of amides is 1. The summed E-state index contributed by atoms with van der Waals surface area (Å²) in [5.41, 5.74) is 4.86. The zero-order valence-corrected chi connectivity index (χ0v) is 14.3. The van der Waals surface area contributed by atoms with E-state index in [1.165, 1.54) is 6.08 Å². The van der Waals surface area contributed by atoms with E-state index in [0.717, 1.165) is 11.1 Å². The molecule has 0 aliphatic heterocycles. The summed E-state index contributed by atoms with van der Waals surface area (Å²) >= 11 is 0. The van der Waals surface area contributed by atoms with Crippen LogP contribution in [0.5, 0.6) is 5.75 Å². The molecule has 0 bridgehead atoms. The molecule has 122 valence electrons. The molecule has 0 atom stereocenters. The highest BCUT2D eigenvalue weighted by Gasteiger charge is 2.12. The minimum Gasteiger partial charge on any atom is -0.507 e. The van der Waals surface area contributed by atoms with Gasteiger partial charge in [0, 0.05) is 5.69 Å².